The number of allylic oxidation sites excluding steroid dienone is 2. The van der Waals surface area contributed by atoms with Gasteiger partial charge in [-0.1, -0.05) is 53.2 Å². The zero-order chi connectivity index (χ0) is 42.7. The summed E-state index contributed by atoms with van der Waals surface area (Å²) in [5, 5.41) is 118. The van der Waals surface area contributed by atoms with E-state index in [2.05, 4.69) is 33.8 Å². The van der Waals surface area contributed by atoms with E-state index in [9.17, 15) is 61.0 Å². The van der Waals surface area contributed by atoms with Gasteiger partial charge < -0.3 is 75.1 Å². The molecule has 0 amide bonds. The molecule has 2 saturated heterocycles. The van der Waals surface area contributed by atoms with Crippen LogP contribution in [0.15, 0.2) is 11.6 Å². The Kier molecular flexibility index (Phi) is 11.7. The Balaban J connectivity index is 1.17. The van der Waals surface area contributed by atoms with Crippen molar-refractivity contribution in [1.29, 1.82) is 0 Å². The van der Waals surface area contributed by atoms with Crippen LogP contribution in [0, 0.1) is 50.2 Å². The highest BCUT2D eigenvalue weighted by Gasteiger charge is 2.70. The molecular formula is C42H68O16. The molecular weight excluding hydrogens is 760 g/mol. The molecule has 5 aliphatic carbocycles. The maximum atomic E-state index is 12.2. The van der Waals surface area contributed by atoms with Crippen molar-refractivity contribution in [2.45, 2.75) is 173 Å². The molecule has 2 heterocycles. The van der Waals surface area contributed by atoms with E-state index >= 15 is 0 Å². The van der Waals surface area contributed by atoms with Crippen LogP contribution in [0.5, 0.6) is 0 Å². The lowest BCUT2D eigenvalue weighted by atomic mass is 9.33. The predicted octanol–water partition coefficient (Wildman–Crippen LogP) is -0.204. The van der Waals surface area contributed by atoms with Crippen LogP contribution in [-0.4, -0.2) is 162 Å². The monoisotopic (exact) mass is 828 g/mol. The zero-order valence-corrected chi connectivity index (χ0v) is 34.6. The molecule has 0 aromatic rings. The number of fused-ring (bicyclic) bond motifs is 7. The van der Waals surface area contributed by atoms with Gasteiger partial charge in [-0.3, -0.25) is 0 Å². The average molecular weight is 829 g/mol. The highest BCUT2D eigenvalue weighted by atomic mass is 16.8. The van der Waals surface area contributed by atoms with Crippen LogP contribution in [0.4, 0.5) is 0 Å². The van der Waals surface area contributed by atoms with Gasteiger partial charge in [0.15, 0.2) is 18.7 Å². The van der Waals surface area contributed by atoms with Crippen LogP contribution >= 0.6 is 0 Å². The molecule has 0 bridgehead atoms. The number of rotatable bonds is 8. The summed E-state index contributed by atoms with van der Waals surface area (Å²) in [4.78, 5) is 12.2. The summed E-state index contributed by atoms with van der Waals surface area (Å²) in [5.74, 6) is -1.49. The lowest BCUT2D eigenvalue weighted by Crippen LogP contribution is -2.68. The second kappa shape index (κ2) is 15.2. The molecule has 7 aliphatic rings. The third-order valence-corrected chi connectivity index (χ3v) is 17.9. The molecule has 58 heavy (non-hydrogen) atoms. The van der Waals surface area contributed by atoms with E-state index in [1.807, 2.05) is 13.8 Å². The van der Waals surface area contributed by atoms with Gasteiger partial charge in [0, 0.05) is 16.2 Å². The average Bonchev–Trinajstić information content (AvgIpc) is 3.18. The highest BCUT2D eigenvalue weighted by molar-refractivity contribution is 5.73. The molecule has 0 aromatic carbocycles. The van der Waals surface area contributed by atoms with E-state index in [4.69, 9.17) is 18.9 Å². The van der Waals surface area contributed by atoms with Gasteiger partial charge in [-0.05, 0) is 85.4 Å². The number of aliphatic carboxylic acids is 1. The fourth-order valence-electron chi connectivity index (χ4n) is 13.8. The molecule has 0 spiro atoms. The maximum absolute atomic E-state index is 12.2. The van der Waals surface area contributed by atoms with Gasteiger partial charge in [-0.25, -0.2) is 4.79 Å². The van der Waals surface area contributed by atoms with Gasteiger partial charge in [-0.2, -0.15) is 0 Å². The number of hydrogen-bond donors (Lipinski definition) is 11. The number of carboxylic acid groups (broad SMARTS) is 1. The third-order valence-electron chi connectivity index (χ3n) is 17.9. The molecule has 7 rings (SSSR count). The molecule has 22 atom stereocenters. The second-order valence-electron chi connectivity index (χ2n) is 20.6. The summed E-state index contributed by atoms with van der Waals surface area (Å²) < 4.78 is 23.8. The first-order chi connectivity index (χ1) is 27.0. The molecule has 0 unspecified atom stereocenters. The molecule has 11 N–H and O–H groups in total. The third kappa shape index (κ3) is 6.25. The van der Waals surface area contributed by atoms with Crippen molar-refractivity contribution in [3.8, 4) is 0 Å². The zero-order valence-electron chi connectivity index (χ0n) is 34.6. The first kappa shape index (κ1) is 44.7. The maximum Gasteiger partial charge on any atom is 0.335 e. The van der Waals surface area contributed by atoms with Crippen molar-refractivity contribution in [1.82, 2.24) is 0 Å². The van der Waals surface area contributed by atoms with E-state index in [-0.39, 0.29) is 47.2 Å². The van der Waals surface area contributed by atoms with E-state index in [0.717, 1.165) is 32.1 Å². The molecule has 2 aliphatic heterocycles. The van der Waals surface area contributed by atoms with Crippen LogP contribution in [-0.2, 0) is 23.7 Å². The van der Waals surface area contributed by atoms with E-state index in [1.54, 1.807) is 0 Å². The number of hydrogen-bond acceptors (Lipinski definition) is 15. The summed E-state index contributed by atoms with van der Waals surface area (Å²) in [6.07, 6.45) is -12.5. The number of carboxylic acids is 1. The van der Waals surface area contributed by atoms with E-state index < -0.39 is 109 Å². The summed E-state index contributed by atoms with van der Waals surface area (Å²) in [6, 6.07) is 0. The number of carbonyl (C=O) groups is 1. The molecule has 332 valence electrons. The fourth-order valence-corrected chi connectivity index (χ4v) is 13.8. The predicted molar refractivity (Wildman–Crippen MR) is 202 cm³/mol. The number of aliphatic hydroxyl groups is 10. The summed E-state index contributed by atoms with van der Waals surface area (Å²) in [7, 11) is 0. The van der Waals surface area contributed by atoms with E-state index in [1.165, 1.54) is 5.57 Å². The molecule has 0 radical (unpaired) electrons. The molecule has 4 saturated carbocycles. The van der Waals surface area contributed by atoms with Gasteiger partial charge in [0.25, 0.3) is 0 Å². The van der Waals surface area contributed by atoms with Gasteiger partial charge in [0.1, 0.15) is 42.7 Å². The first-order valence-electron chi connectivity index (χ1n) is 21.2. The molecule has 16 nitrogen and oxygen atoms in total. The normalized spacial score (nSPS) is 56.9. The Morgan fingerprint density at radius 1 is 0.724 bits per heavy atom. The number of aliphatic hydroxyl groups excluding tert-OH is 10. The minimum Gasteiger partial charge on any atom is -0.479 e. The minimum atomic E-state index is -2.00. The van der Waals surface area contributed by atoms with Crippen molar-refractivity contribution in [3.63, 3.8) is 0 Å². The van der Waals surface area contributed by atoms with Crippen molar-refractivity contribution in [3.05, 3.63) is 11.6 Å². The Labute approximate surface area is 339 Å². The molecule has 16 heteroatoms. The van der Waals surface area contributed by atoms with Crippen molar-refractivity contribution < 1.29 is 79.9 Å². The summed E-state index contributed by atoms with van der Waals surface area (Å²) >= 11 is 0. The quantitative estimate of drug-likeness (QED) is 0.112. The number of ether oxygens (including phenoxy) is 4. The van der Waals surface area contributed by atoms with Crippen LogP contribution < -0.4 is 0 Å². The first-order valence-corrected chi connectivity index (χ1v) is 21.2. The lowest BCUT2D eigenvalue weighted by Gasteiger charge is -2.72. The SMILES string of the molecule is C[C@]1(CO)C[C@H]2C3=CC[C@@H]4[C@@]5(C)CC[C@H](O[C@@H]6O[C@H](C(=O)O)[C@@H](O)[C@H](O)[C@H]6O[C@@H]6O[C@H](CO)[C@H](O)[C@H](O)[C@H]6O)[C@](C)(CO)[C@@H]5CC[C@@]4(C)[C@]3(C)CC[C@@]2(C)[C@H](O)[C@@H]1O. The molecule has 0 aromatic heterocycles. The van der Waals surface area contributed by atoms with Crippen molar-refractivity contribution >= 4 is 5.97 Å². The lowest BCUT2D eigenvalue weighted by molar-refractivity contribution is -0.375. The van der Waals surface area contributed by atoms with Crippen molar-refractivity contribution in [2.75, 3.05) is 19.8 Å². The van der Waals surface area contributed by atoms with Crippen LogP contribution in [0.3, 0.4) is 0 Å². The Morgan fingerprint density at radius 3 is 2.03 bits per heavy atom. The van der Waals surface area contributed by atoms with Gasteiger partial charge >= 0.3 is 5.97 Å². The van der Waals surface area contributed by atoms with Gasteiger partial charge in [-0.15, -0.1) is 0 Å². The molecule has 6 fully saturated rings. The van der Waals surface area contributed by atoms with Crippen LogP contribution in [0.25, 0.3) is 0 Å². The standard InChI is InChI=1S/C42H68O16/c1-37(17-44)15-20-19-7-8-23-39(3)11-10-24(40(4,18-45)22(39)9-12-42(23,6)41(19,5)14-13-38(20,2)33(52)32(37)51)56-36-31(28(49)27(48)30(57-36)34(53)54)58-35-29(50)26(47)25(46)21(16-43)55-35/h7,20-33,35-36,43-52H,8-18H2,1-6H3,(H,53,54)/t20-,21+,22+,23+,24-,25-,26-,27-,28-,29+,30-,31+,32-,33+,35-,36+,37+,38+,39-,40+,41+,42+/m0/s1. The minimum absolute atomic E-state index is 0.0194. The van der Waals surface area contributed by atoms with Crippen LogP contribution in [0.1, 0.15) is 92.9 Å². The Morgan fingerprint density at radius 2 is 1.41 bits per heavy atom. The highest BCUT2D eigenvalue weighted by Crippen LogP contribution is 2.76. The Hall–Kier alpha value is -1.35. The second-order valence-corrected chi connectivity index (χ2v) is 20.6. The largest absolute Gasteiger partial charge is 0.479 e. The van der Waals surface area contributed by atoms with Gasteiger partial charge in [0.05, 0.1) is 38.1 Å². The Bertz CT molecular complexity index is 1580. The topological polar surface area (TPSA) is 277 Å². The van der Waals surface area contributed by atoms with Gasteiger partial charge in [0.2, 0.25) is 0 Å². The summed E-state index contributed by atoms with van der Waals surface area (Å²) in [5.41, 5.74) is -1.68. The van der Waals surface area contributed by atoms with E-state index in [0.29, 0.717) is 19.3 Å². The summed E-state index contributed by atoms with van der Waals surface area (Å²) in [6.45, 7) is 11.7. The fraction of sp³-hybridized carbons (Fsp3) is 0.929. The smallest absolute Gasteiger partial charge is 0.335 e. The van der Waals surface area contributed by atoms with Crippen LogP contribution in [0.2, 0.25) is 0 Å². The van der Waals surface area contributed by atoms with Crippen molar-refractivity contribution in [2.24, 2.45) is 50.2 Å².